The van der Waals surface area contributed by atoms with Crippen LogP contribution in [0.2, 0.25) is 0 Å². The topological polar surface area (TPSA) is 74.5 Å². The molecule has 2 rings (SSSR count). The number of aromatic nitrogens is 2. The third-order valence-corrected chi connectivity index (χ3v) is 3.40. The smallest absolute Gasteiger partial charge is 0.337 e. The average molecular weight is 321 g/mol. The Kier molecular flexibility index (Phi) is 4.89. The van der Waals surface area contributed by atoms with Gasteiger partial charge in [-0.15, -0.1) is 0 Å². The number of nitrogens with one attached hydrogen (secondary N) is 1. The van der Waals surface area contributed by atoms with Crippen LogP contribution < -0.4 is 5.32 Å². The second-order valence-electron chi connectivity index (χ2n) is 5.27. The van der Waals surface area contributed by atoms with Gasteiger partial charge in [-0.05, 0) is 13.8 Å². The summed E-state index contributed by atoms with van der Waals surface area (Å²) in [5, 5.41) is 6.21. The van der Waals surface area contributed by atoms with Crippen molar-refractivity contribution in [2.24, 2.45) is 0 Å². The number of aryl methyl sites for hydroxylation is 1. The first kappa shape index (κ1) is 16.5. The summed E-state index contributed by atoms with van der Waals surface area (Å²) in [5.74, 6) is 0.758. The molecule has 0 spiro atoms. The van der Waals surface area contributed by atoms with Crippen LogP contribution in [0.5, 0.6) is 0 Å². The van der Waals surface area contributed by atoms with Gasteiger partial charge >= 0.3 is 12.2 Å². The SMILES string of the molecule is Cc1noc(CNC(=O)N2CCN(CC(F)(F)F)[C@H](C)C2)n1. The number of hydrogen-bond acceptors (Lipinski definition) is 5. The fraction of sp³-hybridized carbons (Fsp3) is 0.750. The lowest BCUT2D eigenvalue weighted by atomic mass is 10.2. The van der Waals surface area contributed by atoms with Crippen molar-refractivity contribution in [3.05, 3.63) is 11.7 Å². The summed E-state index contributed by atoms with van der Waals surface area (Å²) in [6.07, 6.45) is -4.23. The molecular formula is C12H18F3N5O2. The van der Waals surface area contributed by atoms with Gasteiger partial charge in [0.25, 0.3) is 0 Å². The molecule has 1 aromatic rings. The summed E-state index contributed by atoms with van der Waals surface area (Å²) in [6.45, 7) is 3.15. The maximum atomic E-state index is 12.4. The van der Waals surface area contributed by atoms with Crippen molar-refractivity contribution in [3.63, 3.8) is 0 Å². The van der Waals surface area contributed by atoms with Crippen LogP contribution in [0, 0.1) is 6.92 Å². The van der Waals surface area contributed by atoms with E-state index in [4.69, 9.17) is 4.52 Å². The summed E-state index contributed by atoms with van der Waals surface area (Å²) in [5.41, 5.74) is 0. The Morgan fingerprint density at radius 2 is 2.18 bits per heavy atom. The van der Waals surface area contributed by atoms with Gasteiger partial charge in [-0.2, -0.15) is 18.2 Å². The molecule has 0 unspecified atom stereocenters. The van der Waals surface area contributed by atoms with Gasteiger partial charge < -0.3 is 14.7 Å². The molecule has 1 N–H and O–H groups in total. The van der Waals surface area contributed by atoms with Gasteiger partial charge in [0, 0.05) is 25.7 Å². The van der Waals surface area contributed by atoms with E-state index in [0.29, 0.717) is 5.82 Å². The second kappa shape index (κ2) is 6.51. The number of halogens is 3. The van der Waals surface area contributed by atoms with E-state index in [9.17, 15) is 18.0 Å². The summed E-state index contributed by atoms with van der Waals surface area (Å²) in [6, 6.07) is -0.707. The molecule has 0 bridgehead atoms. The zero-order valence-electron chi connectivity index (χ0n) is 12.4. The summed E-state index contributed by atoms with van der Waals surface area (Å²) in [4.78, 5) is 18.8. The maximum absolute atomic E-state index is 12.4. The number of carbonyl (C=O) groups excluding carboxylic acids is 1. The molecule has 10 heteroatoms. The van der Waals surface area contributed by atoms with Gasteiger partial charge in [-0.25, -0.2) is 4.79 Å². The normalized spacial score (nSPS) is 20.2. The molecule has 2 amide bonds. The van der Waals surface area contributed by atoms with Crippen molar-refractivity contribution >= 4 is 6.03 Å². The molecule has 0 saturated carbocycles. The van der Waals surface area contributed by atoms with Gasteiger partial charge in [0.15, 0.2) is 5.82 Å². The molecule has 2 heterocycles. The third-order valence-electron chi connectivity index (χ3n) is 3.40. The van der Waals surface area contributed by atoms with Crippen LogP contribution in [0.25, 0.3) is 0 Å². The first-order valence-corrected chi connectivity index (χ1v) is 6.87. The third kappa shape index (κ3) is 4.58. The Bertz CT molecular complexity index is 519. The molecule has 0 radical (unpaired) electrons. The van der Waals surface area contributed by atoms with Crippen LogP contribution in [0.15, 0.2) is 4.52 Å². The maximum Gasteiger partial charge on any atom is 0.401 e. The van der Waals surface area contributed by atoms with E-state index >= 15 is 0 Å². The first-order valence-electron chi connectivity index (χ1n) is 6.87. The van der Waals surface area contributed by atoms with E-state index in [-0.39, 0.29) is 44.1 Å². The highest BCUT2D eigenvalue weighted by Crippen LogP contribution is 2.20. The van der Waals surface area contributed by atoms with Crippen molar-refractivity contribution in [2.75, 3.05) is 26.2 Å². The Hall–Kier alpha value is -1.84. The van der Waals surface area contributed by atoms with Gasteiger partial charge in [-0.1, -0.05) is 5.16 Å². The Balaban J connectivity index is 1.80. The lowest BCUT2D eigenvalue weighted by Gasteiger charge is -2.39. The van der Waals surface area contributed by atoms with Gasteiger partial charge in [-0.3, -0.25) is 4.90 Å². The highest BCUT2D eigenvalue weighted by molar-refractivity contribution is 5.74. The molecule has 1 aromatic heterocycles. The molecule has 1 aliphatic rings. The molecule has 0 aliphatic carbocycles. The molecule has 1 atom stereocenters. The Labute approximate surface area is 125 Å². The van der Waals surface area contributed by atoms with Crippen LogP contribution in [-0.2, 0) is 6.54 Å². The predicted molar refractivity (Wildman–Crippen MR) is 69.9 cm³/mol. The number of hydrogen-bond donors (Lipinski definition) is 1. The zero-order valence-corrected chi connectivity index (χ0v) is 12.4. The number of piperazine rings is 1. The quantitative estimate of drug-likeness (QED) is 0.904. The van der Waals surface area contributed by atoms with Crippen molar-refractivity contribution < 1.29 is 22.5 Å². The van der Waals surface area contributed by atoms with E-state index in [2.05, 4.69) is 15.5 Å². The lowest BCUT2D eigenvalue weighted by Crippen LogP contribution is -2.57. The average Bonchev–Trinajstić information content (AvgIpc) is 2.83. The van der Waals surface area contributed by atoms with Crippen molar-refractivity contribution in [1.82, 2.24) is 25.3 Å². The number of amides is 2. The van der Waals surface area contributed by atoms with Crippen LogP contribution in [0.1, 0.15) is 18.6 Å². The van der Waals surface area contributed by atoms with Crippen LogP contribution in [-0.4, -0.2) is 64.4 Å². The summed E-state index contributed by atoms with van der Waals surface area (Å²) in [7, 11) is 0. The zero-order chi connectivity index (χ0) is 16.3. The highest BCUT2D eigenvalue weighted by atomic mass is 19.4. The van der Waals surface area contributed by atoms with Crippen LogP contribution in [0.4, 0.5) is 18.0 Å². The molecule has 0 aromatic carbocycles. The molecular weight excluding hydrogens is 303 g/mol. The fourth-order valence-corrected chi connectivity index (χ4v) is 2.32. The molecule has 124 valence electrons. The van der Waals surface area contributed by atoms with Crippen LogP contribution >= 0.6 is 0 Å². The number of nitrogens with zero attached hydrogens (tertiary/aromatic N) is 4. The van der Waals surface area contributed by atoms with Crippen molar-refractivity contribution in [3.8, 4) is 0 Å². The minimum atomic E-state index is -4.23. The van der Waals surface area contributed by atoms with E-state index in [0.717, 1.165) is 0 Å². The van der Waals surface area contributed by atoms with Crippen molar-refractivity contribution in [2.45, 2.75) is 32.6 Å². The van der Waals surface area contributed by atoms with Gasteiger partial charge in [0.1, 0.15) is 0 Å². The van der Waals surface area contributed by atoms with Crippen LogP contribution in [0.3, 0.4) is 0 Å². The molecule has 1 aliphatic heterocycles. The second-order valence-corrected chi connectivity index (χ2v) is 5.27. The standard InChI is InChI=1S/C12H18F3N5O2/c1-8-6-19(3-4-20(8)7-12(13,14)15)11(21)16-5-10-17-9(2)18-22-10/h8H,3-7H2,1-2H3,(H,16,21)/t8-/m1/s1. The van der Waals surface area contributed by atoms with Gasteiger partial charge in [0.05, 0.1) is 13.1 Å². The van der Waals surface area contributed by atoms with E-state index in [1.165, 1.54) is 9.80 Å². The molecule has 7 nitrogen and oxygen atoms in total. The molecule has 1 saturated heterocycles. The van der Waals surface area contributed by atoms with E-state index in [1.54, 1.807) is 13.8 Å². The number of alkyl halides is 3. The van der Waals surface area contributed by atoms with Gasteiger partial charge in [0.2, 0.25) is 5.89 Å². The first-order chi connectivity index (χ1) is 10.2. The lowest BCUT2D eigenvalue weighted by molar-refractivity contribution is -0.153. The number of rotatable bonds is 3. The molecule has 1 fully saturated rings. The monoisotopic (exact) mass is 321 g/mol. The minimum Gasteiger partial charge on any atom is -0.337 e. The largest absolute Gasteiger partial charge is 0.401 e. The number of urea groups is 1. The fourth-order valence-electron chi connectivity index (χ4n) is 2.32. The molecule has 22 heavy (non-hydrogen) atoms. The van der Waals surface area contributed by atoms with E-state index in [1.807, 2.05) is 0 Å². The predicted octanol–water partition coefficient (Wildman–Crippen LogP) is 1.16. The van der Waals surface area contributed by atoms with E-state index < -0.39 is 12.7 Å². The highest BCUT2D eigenvalue weighted by Gasteiger charge is 2.35. The Morgan fingerprint density at radius 3 is 2.73 bits per heavy atom. The minimum absolute atomic E-state index is 0.0941. The number of carbonyl (C=O) groups is 1. The summed E-state index contributed by atoms with van der Waals surface area (Å²) >= 11 is 0. The summed E-state index contributed by atoms with van der Waals surface area (Å²) < 4.78 is 42.1. The Morgan fingerprint density at radius 1 is 1.45 bits per heavy atom. The van der Waals surface area contributed by atoms with Crippen molar-refractivity contribution in [1.29, 1.82) is 0 Å².